The van der Waals surface area contributed by atoms with Crippen LogP contribution in [0.3, 0.4) is 0 Å². The number of rotatable bonds is 0. The summed E-state index contributed by atoms with van der Waals surface area (Å²) in [4.78, 5) is 0. The summed E-state index contributed by atoms with van der Waals surface area (Å²) in [6, 6.07) is 0. The van der Waals surface area contributed by atoms with Gasteiger partial charge in [0.15, 0.2) is 0 Å². The van der Waals surface area contributed by atoms with Gasteiger partial charge in [0.05, 0.1) is 0 Å². The van der Waals surface area contributed by atoms with Crippen LogP contribution in [0.5, 0.6) is 0 Å². The van der Waals surface area contributed by atoms with Crippen molar-refractivity contribution in [3.8, 4) is 0 Å². The molecule has 0 heterocycles. The predicted molar refractivity (Wildman–Crippen MR) is 72.0 cm³/mol. The van der Waals surface area contributed by atoms with E-state index in [1.54, 1.807) is 0 Å². The van der Waals surface area contributed by atoms with E-state index in [9.17, 15) is 0 Å². The summed E-state index contributed by atoms with van der Waals surface area (Å²) >= 11 is 0. The molecule has 4 unspecified atom stereocenters. The van der Waals surface area contributed by atoms with Crippen molar-refractivity contribution in [2.75, 3.05) is 0 Å². The van der Waals surface area contributed by atoms with Crippen molar-refractivity contribution in [2.45, 2.75) is 60.7 Å². The molecule has 0 spiro atoms. The van der Waals surface area contributed by atoms with Crippen LogP contribution in [0.1, 0.15) is 54.9 Å². The van der Waals surface area contributed by atoms with Crippen LogP contribution in [-0.4, -0.2) is 7.85 Å². The van der Waals surface area contributed by atoms with E-state index in [-0.39, 0.29) is 0 Å². The fourth-order valence-corrected chi connectivity index (χ4v) is 3.77. The second-order valence-corrected chi connectivity index (χ2v) is 7.94. The molecule has 1 heteroatoms. The molecule has 4 atom stereocenters. The first-order chi connectivity index (χ1) is 6.55. The molecular weight excluding hydrogens is 179 g/mol. The monoisotopic (exact) mass is 208 g/mol. The Morgan fingerprint density at radius 1 is 0.933 bits per heavy atom. The molecule has 1 fully saturated rings. The molecule has 0 nitrogen and oxygen atoms in total. The van der Waals surface area contributed by atoms with Crippen LogP contribution in [0.2, 0.25) is 5.82 Å². The van der Waals surface area contributed by atoms with Crippen molar-refractivity contribution >= 4 is 7.85 Å². The van der Waals surface area contributed by atoms with E-state index >= 15 is 0 Å². The van der Waals surface area contributed by atoms with Gasteiger partial charge in [0.1, 0.15) is 7.85 Å². The SMILES string of the molecule is BC1CC(C(C)(C)C)C(C(C)(C)C)C1C. The first-order valence-corrected chi connectivity index (χ1v) is 6.55. The molecule has 0 radical (unpaired) electrons. The van der Waals surface area contributed by atoms with Crippen molar-refractivity contribution in [1.82, 2.24) is 0 Å². The Morgan fingerprint density at radius 2 is 1.40 bits per heavy atom. The van der Waals surface area contributed by atoms with Crippen molar-refractivity contribution in [2.24, 2.45) is 28.6 Å². The Bertz CT molecular complexity index is 218. The standard InChI is InChI=1S/C14H29B/c1-9-11(15)8-10(13(2,3)4)12(9)14(5,6)7/h9-12H,8,15H2,1-7H3. The van der Waals surface area contributed by atoms with Crippen LogP contribution < -0.4 is 0 Å². The molecule has 1 saturated carbocycles. The summed E-state index contributed by atoms with van der Waals surface area (Å²) in [5.74, 6) is 3.56. The van der Waals surface area contributed by atoms with Gasteiger partial charge in [0.25, 0.3) is 0 Å². The van der Waals surface area contributed by atoms with Crippen LogP contribution in [0.25, 0.3) is 0 Å². The summed E-state index contributed by atoms with van der Waals surface area (Å²) < 4.78 is 0. The highest BCUT2D eigenvalue weighted by Crippen LogP contribution is 2.56. The molecule has 0 saturated heterocycles. The van der Waals surface area contributed by atoms with E-state index < -0.39 is 0 Å². The van der Waals surface area contributed by atoms with E-state index in [0.717, 1.165) is 23.6 Å². The van der Waals surface area contributed by atoms with E-state index in [0.29, 0.717) is 10.8 Å². The van der Waals surface area contributed by atoms with Gasteiger partial charge in [-0.1, -0.05) is 60.7 Å². The third-order valence-electron chi connectivity index (χ3n) is 4.64. The van der Waals surface area contributed by atoms with Crippen LogP contribution in [0, 0.1) is 28.6 Å². The lowest BCUT2D eigenvalue weighted by atomic mass is 9.63. The largest absolute Gasteiger partial charge is 0.105 e. The zero-order valence-corrected chi connectivity index (χ0v) is 12.0. The highest BCUT2D eigenvalue weighted by atomic mass is 14.5. The highest BCUT2D eigenvalue weighted by Gasteiger charge is 2.48. The second-order valence-electron chi connectivity index (χ2n) is 7.94. The summed E-state index contributed by atoms with van der Waals surface area (Å²) in [5.41, 5.74) is 0.930. The van der Waals surface area contributed by atoms with Gasteiger partial charge in [0, 0.05) is 0 Å². The molecule has 0 aromatic carbocycles. The number of hydrogen-bond donors (Lipinski definition) is 0. The van der Waals surface area contributed by atoms with Gasteiger partial charge in [-0.15, -0.1) is 0 Å². The molecule has 1 aliphatic carbocycles. The highest BCUT2D eigenvalue weighted by molar-refractivity contribution is 6.12. The lowest BCUT2D eigenvalue weighted by Gasteiger charge is -2.41. The Kier molecular flexibility index (Phi) is 3.35. The average molecular weight is 208 g/mol. The normalized spacial score (nSPS) is 38.3. The van der Waals surface area contributed by atoms with Gasteiger partial charge >= 0.3 is 0 Å². The minimum Gasteiger partial charge on any atom is -0.0666 e. The average Bonchev–Trinajstić information content (AvgIpc) is 2.25. The van der Waals surface area contributed by atoms with Gasteiger partial charge in [-0.05, 0) is 28.6 Å². The third-order valence-corrected chi connectivity index (χ3v) is 4.64. The fourth-order valence-electron chi connectivity index (χ4n) is 3.77. The summed E-state index contributed by atoms with van der Waals surface area (Å²) in [5, 5.41) is 0. The zero-order valence-electron chi connectivity index (χ0n) is 12.0. The molecule has 0 amide bonds. The van der Waals surface area contributed by atoms with Crippen LogP contribution in [0.4, 0.5) is 0 Å². The van der Waals surface area contributed by atoms with E-state index in [1.165, 1.54) is 6.42 Å². The van der Waals surface area contributed by atoms with E-state index in [2.05, 4.69) is 56.3 Å². The van der Waals surface area contributed by atoms with E-state index in [1.807, 2.05) is 0 Å². The minimum atomic E-state index is 0.460. The summed E-state index contributed by atoms with van der Waals surface area (Å²) in [7, 11) is 2.44. The first-order valence-electron chi connectivity index (χ1n) is 6.55. The molecule has 88 valence electrons. The number of hydrogen-bond acceptors (Lipinski definition) is 0. The van der Waals surface area contributed by atoms with E-state index in [4.69, 9.17) is 0 Å². The second kappa shape index (κ2) is 3.82. The van der Waals surface area contributed by atoms with Gasteiger partial charge < -0.3 is 0 Å². The van der Waals surface area contributed by atoms with Crippen molar-refractivity contribution in [3.05, 3.63) is 0 Å². The molecule has 1 aliphatic rings. The predicted octanol–water partition coefficient (Wildman–Crippen LogP) is 3.77. The zero-order chi connectivity index (χ0) is 12.0. The molecule has 0 aliphatic heterocycles. The maximum Gasteiger partial charge on any atom is 0.105 e. The lowest BCUT2D eigenvalue weighted by Crippen LogP contribution is -2.34. The van der Waals surface area contributed by atoms with Crippen molar-refractivity contribution in [1.29, 1.82) is 0 Å². The molecule has 0 bridgehead atoms. The third kappa shape index (κ3) is 2.60. The molecule has 0 aromatic rings. The smallest absolute Gasteiger partial charge is 0.0666 e. The molecule has 1 rings (SSSR count). The van der Waals surface area contributed by atoms with Gasteiger partial charge in [-0.2, -0.15) is 0 Å². The van der Waals surface area contributed by atoms with Crippen molar-refractivity contribution in [3.63, 3.8) is 0 Å². The van der Waals surface area contributed by atoms with Gasteiger partial charge in [0.2, 0.25) is 0 Å². The fraction of sp³-hybridized carbons (Fsp3) is 1.00. The minimum absolute atomic E-state index is 0.460. The quantitative estimate of drug-likeness (QED) is 0.531. The lowest BCUT2D eigenvalue weighted by molar-refractivity contribution is 0.0751. The molecular formula is C14H29B. The molecule has 0 aromatic heterocycles. The summed E-state index contributed by atoms with van der Waals surface area (Å²) in [6.07, 6.45) is 1.42. The Hall–Kier alpha value is 0.0649. The maximum atomic E-state index is 2.46. The van der Waals surface area contributed by atoms with Crippen molar-refractivity contribution < 1.29 is 0 Å². The van der Waals surface area contributed by atoms with Gasteiger partial charge in [-0.3, -0.25) is 0 Å². The Morgan fingerprint density at radius 3 is 1.67 bits per heavy atom. The van der Waals surface area contributed by atoms with Gasteiger partial charge in [-0.25, -0.2) is 0 Å². The Balaban J connectivity index is 2.98. The maximum absolute atomic E-state index is 2.46. The topological polar surface area (TPSA) is 0 Å². The van der Waals surface area contributed by atoms with Crippen LogP contribution in [-0.2, 0) is 0 Å². The van der Waals surface area contributed by atoms with Crippen LogP contribution >= 0.6 is 0 Å². The summed E-state index contributed by atoms with van der Waals surface area (Å²) in [6.45, 7) is 17.0. The first kappa shape index (κ1) is 13.1. The molecule has 15 heavy (non-hydrogen) atoms. The Labute approximate surface area is 97.6 Å². The molecule has 0 N–H and O–H groups in total. The van der Waals surface area contributed by atoms with Crippen LogP contribution in [0.15, 0.2) is 0 Å².